The van der Waals surface area contributed by atoms with Gasteiger partial charge in [0.1, 0.15) is 0 Å². The summed E-state index contributed by atoms with van der Waals surface area (Å²) in [6.07, 6.45) is 5.29. The Morgan fingerprint density at radius 2 is 1.67 bits per heavy atom. The van der Waals surface area contributed by atoms with E-state index < -0.39 is 0 Å². The normalized spacial score (nSPS) is 12.3. The van der Waals surface area contributed by atoms with Gasteiger partial charge in [0.2, 0.25) is 0 Å². The first-order valence-corrected chi connectivity index (χ1v) is 7.46. The highest BCUT2D eigenvalue weighted by atomic mass is 16.5. The van der Waals surface area contributed by atoms with Crippen molar-refractivity contribution in [3.63, 3.8) is 0 Å². The quantitative estimate of drug-likeness (QED) is 0.577. The predicted octanol–water partition coefficient (Wildman–Crippen LogP) is 2.90. The molecular weight excluding hydrogens is 224 g/mol. The molecule has 0 rings (SSSR count). The van der Waals surface area contributed by atoms with Gasteiger partial charge in [-0.1, -0.05) is 19.8 Å². The zero-order valence-corrected chi connectivity index (χ0v) is 13.2. The second-order valence-corrected chi connectivity index (χ2v) is 6.02. The third kappa shape index (κ3) is 12.3. The van der Waals surface area contributed by atoms with E-state index >= 15 is 0 Å². The molecule has 18 heavy (non-hydrogen) atoms. The van der Waals surface area contributed by atoms with Crippen LogP contribution in [0.1, 0.15) is 53.4 Å². The van der Waals surface area contributed by atoms with E-state index in [2.05, 4.69) is 37.9 Å². The summed E-state index contributed by atoms with van der Waals surface area (Å²) < 4.78 is 5.12. The molecule has 0 aliphatic carbocycles. The van der Waals surface area contributed by atoms with Gasteiger partial charge in [-0.15, -0.1) is 0 Å². The molecule has 0 saturated heterocycles. The first-order valence-electron chi connectivity index (χ1n) is 7.46. The minimum absolute atomic E-state index is 0.263. The van der Waals surface area contributed by atoms with Crippen LogP contribution in [0.15, 0.2) is 0 Å². The van der Waals surface area contributed by atoms with Crippen molar-refractivity contribution in [1.29, 1.82) is 0 Å². The number of nitrogens with zero attached hydrogens (tertiary/aromatic N) is 1. The third-order valence-corrected chi connectivity index (χ3v) is 3.12. The van der Waals surface area contributed by atoms with Crippen molar-refractivity contribution in [2.75, 3.05) is 39.9 Å². The van der Waals surface area contributed by atoms with E-state index in [1.165, 1.54) is 32.2 Å². The van der Waals surface area contributed by atoms with E-state index in [0.717, 1.165) is 26.2 Å². The van der Waals surface area contributed by atoms with Crippen LogP contribution in [0.5, 0.6) is 0 Å². The third-order valence-electron chi connectivity index (χ3n) is 3.12. The van der Waals surface area contributed by atoms with E-state index in [0.29, 0.717) is 0 Å². The Kier molecular flexibility index (Phi) is 10.7. The molecule has 0 saturated carbocycles. The van der Waals surface area contributed by atoms with E-state index in [-0.39, 0.29) is 5.54 Å². The van der Waals surface area contributed by atoms with Gasteiger partial charge in [0.15, 0.2) is 0 Å². The topological polar surface area (TPSA) is 24.5 Å². The van der Waals surface area contributed by atoms with Gasteiger partial charge >= 0.3 is 0 Å². The molecule has 0 aromatic carbocycles. The van der Waals surface area contributed by atoms with Gasteiger partial charge in [-0.3, -0.25) is 0 Å². The van der Waals surface area contributed by atoms with Crippen LogP contribution in [0.2, 0.25) is 0 Å². The maximum absolute atomic E-state index is 5.12. The molecule has 0 atom stereocenters. The Labute approximate surface area is 114 Å². The monoisotopic (exact) mass is 258 g/mol. The number of likely N-dealkylation sites (N-methyl/N-ethyl adjacent to an activating group) is 1. The van der Waals surface area contributed by atoms with Crippen LogP contribution in [0.4, 0.5) is 0 Å². The molecule has 0 aromatic heterocycles. The molecule has 0 heterocycles. The number of hydrogen-bond donors (Lipinski definition) is 1. The SMILES string of the molecule is CCN(CCCCCCNC(C)(C)C)CCOC. The van der Waals surface area contributed by atoms with Crippen LogP contribution in [0.25, 0.3) is 0 Å². The summed E-state index contributed by atoms with van der Waals surface area (Å²) in [5.74, 6) is 0. The molecule has 0 unspecified atom stereocenters. The first kappa shape index (κ1) is 17.9. The Hall–Kier alpha value is -0.120. The van der Waals surface area contributed by atoms with Crippen LogP contribution in [-0.2, 0) is 4.74 Å². The van der Waals surface area contributed by atoms with Crippen molar-refractivity contribution in [3.8, 4) is 0 Å². The largest absolute Gasteiger partial charge is 0.383 e. The number of ether oxygens (including phenoxy) is 1. The lowest BCUT2D eigenvalue weighted by atomic mass is 10.1. The van der Waals surface area contributed by atoms with E-state index in [1.807, 2.05) is 0 Å². The molecule has 0 aliphatic heterocycles. The molecule has 110 valence electrons. The number of unbranched alkanes of at least 4 members (excludes halogenated alkanes) is 3. The minimum atomic E-state index is 0.263. The standard InChI is InChI=1S/C15H34N2O/c1-6-17(13-14-18-5)12-10-8-7-9-11-16-15(2,3)4/h16H,6-14H2,1-5H3. The van der Waals surface area contributed by atoms with E-state index in [4.69, 9.17) is 4.74 Å². The molecule has 0 radical (unpaired) electrons. The van der Waals surface area contributed by atoms with Gasteiger partial charge in [0.25, 0.3) is 0 Å². The Bertz CT molecular complexity index is 178. The fourth-order valence-corrected chi connectivity index (χ4v) is 1.93. The maximum Gasteiger partial charge on any atom is 0.0589 e. The van der Waals surface area contributed by atoms with E-state index in [1.54, 1.807) is 7.11 Å². The lowest BCUT2D eigenvalue weighted by Crippen LogP contribution is -2.36. The summed E-state index contributed by atoms with van der Waals surface area (Å²) in [6.45, 7) is 14.3. The van der Waals surface area contributed by atoms with Crippen LogP contribution in [0.3, 0.4) is 0 Å². The van der Waals surface area contributed by atoms with Crippen LogP contribution in [0, 0.1) is 0 Å². The second kappa shape index (κ2) is 10.8. The molecule has 1 N–H and O–H groups in total. The molecule has 0 spiro atoms. The van der Waals surface area contributed by atoms with Gasteiger partial charge in [-0.05, 0) is 53.2 Å². The zero-order valence-electron chi connectivity index (χ0n) is 13.2. The summed E-state index contributed by atoms with van der Waals surface area (Å²) in [6, 6.07) is 0. The number of rotatable bonds is 11. The number of methoxy groups -OCH3 is 1. The van der Waals surface area contributed by atoms with Crippen LogP contribution < -0.4 is 5.32 Å². The molecule has 3 nitrogen and oxygen atoms in total. The van der Waals surface area contributed by atoms with Crippen molar-refractivity contribution in [1.82, 2.24) is 10.2 Å². The summed E-state index contributed by atoms with van der Waals surface area (Å²) in [4.78, 5) is 2.47. The lowest BCUT2D eigenvalue weighted by Gasteiger charge is -2.21. The zero-order chi connectivity index (χ0) is 13.9. The average molecular weight is 258 g/mol. The fourth-order valence-electron chi connectivity index (χ4n) is 1.93. The van der Waals surface area contributed by atoms with Gasteiger partial charge in [0.05, 0.1) is 6.61 Å². The average Bonchev–Trinajstić information content (AvgIpc) is 2.30. The molecular formula is C15H34N2O. The molecule has 0 amide bonds. The van der Waals surface area contributed by atoms with Crippen LogP contribution >= 0.6 is 0 Å². The molecule has 0 aromatic rings. The summed E-state index contributed by atoms with van der Waals surface area (Å²) in [7, 11) is 1.77. The summed E-state index contributed by atoms with van der Waals surface area (Å²) >= 11 is 0. The van der Waals surface area contributed by atoms with Crippen LogP contribution in [-0.4, -0.2) is 50.3 Å². The molecule has 3 heteroatoms. The Balaban J connectivity index is 3.33. The van der Waals surface area contributed by atoms with Crippen molar-refractivity contribution < 1.29 is 4.74 Å². The highest BCUT2D eigenvalue weighted by molar-refractivity contribution is 4.69. The van der Waals surface area contributed by atoms with Crippen molar-refractivity contribution in [2.45, 2.75) is 58.9 Å². The van der Waals surface area contributed by atoms with Gasteiger partial charge in [0, 0.05) is 19.2 Å². The molecule has 0 aliphatic rings. The number of nitrogens with one attached hydrogen (secondary N) is 1. The predicted molar refractivity (Wildman–Crippen MR) is 80.2 cm³/mol. The first-order chi connectivity index (χ1) is 8.49. The van der Waals surface area contributed by atoms with Gasteiger partial charge in [-0.25, -0.2) is 0 Å². The Morgan fingerprint density at radius 3 is 2.22 bits per heavy atom. The fraction of sp³-hybridized carbons (Fsp3) is 1.00. The highest BCUT2D eigenvalue weighted by Gasteiger charge is 2.07. The van der Waals surface area contributed by atoms with Gasteiger partial charge < -0.3 is 15.0 Å². The van der Waals surface area contributed by atoms with Gasteiger partial charge in [-0.2, -0.15) is 0 Å². The summed E-state index contributed by atoms with van der Waals surface area (Å²) in [5.41, 5.74) is 0.263. The van der Waals surface area contributed by atoms with Crippen molar-refractivity contribution in [2.24, 2.45) is 0 Å². The summed E-state index contributed by atoms with van der Waals surface area (Å²) in [5, 5.41) is 3.53. The van der Waals surface area contributed by atoms with Crippen molar-refractivity contribution in [3.05, 3.63) is 0 Å². The molecule has 0 bridgehead atoms. The number of hydrogen-bond acceptors (Lipinski definition) is 3. The molecule has 0 fully saturated rings. The maximum atomic E-state index is 5.12. The minimum Gasteiger partial charge on any atom is -0.383 e. The lowest BCUT2D eigenvalue weighted by molar-refractivity contribution is 0.149. The van der Waals surface area contributed by atoms with E-state index in [9.17, 15) is 0 Å². The second-order valence-electron chi connectivity index (χ2n) is 6.02. The highest BCUT2D eigenvalue weighted by Crippen LogP contribution is 2.03. The van der Waals surface area contributed by atoms with Crippen molar-refractivity contribution >= 4 is 0 Å². The smallest absolute Gasteiger partial charge is 0.0589 e. The Morgan fingerprint density at radius 1 is 1.00 bits per heavy atom.